The van der Waals surface area contributed by atoms with Crippen LogP contribution in [0.5, 0.6) is 28.7 Å². The van der Waals surface area contributed by atoms with E-state index in [1.807, 2.05) is 37.3 Å². The van der Waals surface area contributed by atoms with Crippen molar-refractivity contribution in [2.75, 3.05) is 35.5 Å². The van der Waals surface area contributed by atoms with Crippen LogP contribution in [0.25, 0.3) is 22.0 Å². The van der Waals surface area contributed by atoms with Gasteiger partial charge in [0.05, 0.1) is 41.2 Å². The number of methoxy groups -OCH3 is 5. The van der Waals surface area contributed by atoms with Crippen LogP contribution >= 0.6 is 0 Å². The number of hydrogen-bond acceptors (Lipinski definition) is 6. The highest BCUT2D eigenvalue weighted by atomic mass is 16.5. The molecule has 0 bridgehead atoms. The fourth-order valence-corrected chi connectivity index (χ4v) is 3.22. The average molecular weight is 369 g/mol. The second kappa shape index (κ2) is 7.61. The number of aromatic nitrogens is 1. The summed E-state index contributed by atoms with van der Waals surface area (Å²) in [5, 5.41) is 1.83. The van der Waals surface area contributed by atoms with E-state index >= 15 is 0 Å². The molecule has 0 aliphatic carbocycles. The monoisotopic (exact) mass is 369 g/mol. The van der Waals surface area contributed by atoms with Crippen LogP contribution in [0.15, 0.2) is 30.3 Å². The lowest BCUT2D eigenvalue weighted by atomic mass is 10.0. The quantitative estimate of drug-likeness (QED) is 0.647. The highest BCUT2D eigenvalue weighted by molar-refractivity contribution is 5.96. The van der Waals surface area contributed by atoms with E-state index in [2.05, 4.69) is 0 Å². The summed E-state index contributed by atoms with van der Waals surface area (Å²) in [7, 11) is 8.03. The van der Waals surface area contributed by atoms with E-state index in [4.69, 9.17) is 28.7 Å². The molecule has 0 amide bonds. The number of benzene rings is 2. The van der Waals surface area contributed by atoms with Crippen LogP contribution in [-0.4, -0.2) is 40.5 Å². The minimum absolute atomic E-state index is 0.552. The van der Waals surface area contributed by atoms with E-state index in [9.17, 15) is 0 Å². The van der Waals surface area contributed by atoms with Crippen molar-refractivity contribution in [3.63, 3.8) is 0 Å². The minimum atomic E-state index is 0.552. The van der Waals surface area contributed by atoms with Crippen LogP contribution in [0.3, 0.4) is 0 Å². The van der Waals surface area contributed by atoms with Gasteiger partial charge in [-0.1, -0.05) is 0 Å². The van der Waals surface area contributed by atoms with Gasteiger partial charge in [0.15, 0.2) is 23.0 Å². The third-order valence-corrected chi connectivity index (χ3v) is 4.48. The summed E-state index contributed by atoms with van der Waals surface area (Å²) in [6, 6.07) is 9.64. The first-order valence-corrected chi connectivity index (χ1v) is 8.40. The zero-order valence-electron chi connectivity index (χ0n) is 16.4. The Morgan fingerprint density at radius 1 is 0.667 bits per heavy atom. The van der Waals surface area contributed by atoms with Crippen molar-refractivity contribution in [2.24, 2.45) is 0 Å². The van der Waals surface area contributed by atoms with Gasteiger partial charge in [-0.15, -0.1) is 0 Å². The molecule has 2 aromatic carbocycles. The fourth-order valence-electron chi connectivity index (χ4n) is 3.22. The Morgan fingerprint density at radius 2 is 1.33 bits per heavy atom. The molecular weight excluding hydrogens is 346 g/mol. The zero-order valence-corrected chi connectivity index (χ0v) is 16.4. The van der Waals surface area contributed by atoms with Crippen molar-refractivity contribution in [3.8, 4) is 40.0 Å². The molecule has 142 valence electrons. The topological polar surface area (TPSA) is 59.0 Å². The number of hydrogen-bond donors (Lipinski definition) is 0. The Balaban J connectivity index is 2.26. The summed E-state index contributed by atoms with van der Waals surface area (Å²) in [4.78, 5) is 4.77. The second-order valence-corrected chi connectivity index (χ2v) is 5.91. The summed E-state index contributed by atoms with van der Waals surface area (Å²) < 4.78 is 27.3. The first-order chi connectivity index (χ1) is 13.1. The predicted octanol–water partition coefficient (Wildman–Crippen LogP) is 4.25. The average Bonchev–Trinajstić information content (AvgIpc) is 2.71. The molecule has 27 heavy (non-hydrogen) atoms. The zero-order chi connectivity index (χ0) is 19.6. The molecule has 0 saturated heterocycles. The maximum Gasteiger partial charge on any atom is 0.204 e. The van der Waals surface area contributed by atoms with Gasteiger partial charge in [-0.25, -0.2) is 0 Å². The first-order valence-electron chi connectivity index (χ1n) is 8.40. The Kier molecular flexibility index (Phi) is 5.26. The molecule has 1 aromatic heterocycles. The maximum absolute atomic E-state index is 5.60. The van der Waals surface area contributed by atoms with E-state index in [0.717, 1.165) is 27.7 Å². The Bertz CT molecular complexity index is 984. The third kappa shape index (κ3) is 3.18. The van der Waals surface area contributed by atoms with E-state index in [-0.39, 0.29) is 0 Å². The van der Waals surface area contributed by atoms with Gasteiger partial charge in [-0.2, -0.15) is 0 Å². The molecule has 1 heterocycles. The lowest BCUT2D eigenvalue weighted by molar-refractivity contribution is 0.327. The van der Waals surface area contributed by atoms with Crippen molar-refractivity contribution in [1.29, 1.82) is 0 Å². The van der Waals surface area contributed by atoms with Crippen LogP contribution < -0.4 is 23.7 Å². The van der Waals surface area contributed by atoms with E-state index in [0.29, 0.717) is 28.7 Å². The van der Waals surface area contributed by atoms with Crippen LogP contribution in [0.1, 0.15) is 5.69 Å². The standard InChI is InChI=1S/C21H23NO5/c1-12-19-14(11-18(25-4)20(26-5)21(19)27-6)9-15(22-12)13-7-8-16(23-2)17(10-13)24-3/h7-11H,1-6H3. The molecule has 0 unspecified atom stereocenters. The smallest absolute Gasteiger partial charge is 0.204 e. The molecule has 0 N–H and O–H groups in total. The molecule has 0 fully saturated rings. The Hall–Kier alpha value is -3.15. The van der Waals surface area contributed by atoms with E-state index in [1.54, 1.807) is 35.5 Å². The van der Waals surface area contributed by atoms with Gasteiger partial charge in [0.2, 0.25) is 5.75 Å². The van der Waals surface area contributed by atoms with Crippen molar-refractivity contribution in [1.82, 2.24) is 4.98 Å². The van der Waals surface area contributed by atoms with Crippen molar-refractivity contribution >= 4 is 10.8 Å². The highest BCUT2D eigenvalue weighted by Gasteiger charge is 2.19. The Morgan fingerprint density at radius 3 is 1.93 bits per heavy atom. The van der Waals surface area contributed by atoms with Gasteiger partial charge >= 0.3 is 0 Å². The lowest BCUT2D eigenvalue weighted by Gasteiger charge is -2.17. The molecular formula is C21H23NO5. The maximum atomic E-state index is 5.60. The molecule has 0 aliphatic rings. The van der Waals surface area contributed by atoms with Crippen molar-refractivity contribution in [2.45, 2.75) is 6.92 Å². The van der Waals surface area contributed by atoms with Crippen LogP contribution in [0.4, 0.5) is 0 Å². The van der Waals surface area contributed by atoms with Crippen LogP contribution in [0.2, 0.25) is 0 Å². The van der Waals surface area contributed by atoms with Gasteiger partial charge in [0.1, 0.15) is 0 Å². The summed E-state index contributed by atoms with van der Waals surface area (Å²) in [6.07, 6.45) is 0. The fraction of sp³-hybridized carbons (Fsp3) is 0.286. The Labute approximate surface area is 158 Å². The van der Waals surface area contributed by atoms with Gasteiger partial charge in [-0.3, -0.25) is 4.98 Å². The summed E-state index contributed by atoms with van der Waals surface area (Å²) in [6.45, 7) is 1.95. The van der Waals surface area contributed by atoms with Gasteiger partial charge < -0.3 is 23.7 Å². The molecule has 0 radical (unpaired) electrons. The summed E-state index contributed by atoms with van der Waals surface area (Å²) in [5.74, 6) is 3.09. The predicted molar refractivity (Wildman–Crippen MR) is 105 cm³/mol. The normalized spacial score (nSPS) is 10.6. The SMILES string of the molecule is COc1ccc(-c2cc3cc(OC)c(OC)c(OC)c3c(C)n2)cc1OC. The number of ether oxygens (including phenoxy) is 5. The molecule has 0 aliphatic heterocycles. The van der Waals surface area contributed by atoms with E-state index in [1.165, 1.54) is 0 Å². The molecule has 0 spiro atoms. The van der Waals surface area contributed by atoms with Gasteiger partial charge in [0.25, 0.3) is 0 Å². The van der Waals surface area contributed by atoms with Crippen LogP contribution in [-0.2, 0) is 0 Å². The van der Waals surface area contributed by atoms with Crippen molar-refractivity contribution in [3.05, 3.63) is 36.0 Å². The highest BCUT2D eigenvalue weighted by Crippen LogP contribution is 2.45. The van der Waals surface area contributed by atoms with E-state index < -0.39 is 0 Å². The molecule has 0 saturated carbocycles. The molecule has 3 rings (SSSR count). The summed E-state index contributed by atoms with van der Waals surface area (Å²) in [5.41, 5.74) is 2.57. The van der Waals surface area contributed by atoms with Gasteiger partial charge in [0, 0.05) is 16.6 Å². The van der Waals surface area contributed by atoms with Gasteiger partial charge in [-0.05, 0) is 42.6 Å². The number of pyridine rings is 1. The molecule has 6 nitrogen and oxygen atoms in total. The number of rotatable bonds is 6. The second-order valence-electron chi connectivity index (χ2n) is 5.91. The summed E-state index contributed by atoms with van der Waals surface area (Å²) >= 11 is 0. The molecule has 0 atom stereocenters. The number of fused-ring (bicyclic) bond motifs is 1. The van der Waals surface area contributed by atoms with Crippen LogP contribution in [0, 0.1) is 6.92 Å². The molecule has 3 aromatic rings. The number of aryl methyl sites for hydroxylation is 1. The minimum Gasteiger partial charge on any atom is -0.493 e. The molecule has 6 heteroatoms. The lowest BCUT2D eigenvalue weighted by Crippen LogP contribution is -1.99. The first kappa shape index (κ1) is 18.6. The third-order valence-electron chi connectivity index (χ3n) is 4.48. The largest absolute Gasteiger partial charge is 0.493 e. The van der Waals surface area contributed by atoms with Crippen molar-refractivity contribution < 1.29 is 23.7 Å². The number of nitrogens with zero attached hydrogens (tertiary/aromatic N) is 1.